The summed E-state index contributed by atoms with van der Waals surface area (Å²) in [4.78, 5) is 26.0. The third kappa shape index (κ3) is 3.60. The Kier molecular flexibility index (Phi) is 4.75. The zero-order valence-electron chi connectivity index (χ0n) is 12.6. The molecule has 2 N–H and O–H groups in total. The van der Waals surface area contributed by atoms with Gasteiger partial charge in [-0.15, -0.1) is 11.8 Å². The Morgan fingerprint density at radius 2 is 2.00 bits per heavy atom. The number of piperidine rings is 1. The minimum Gasteiger partial charge on any atom is -0.481 e. The van der Waals surface area contributed by atoms with E-state index in [1.165, 1.54) is 12.1 Å². The third-order valence-electron chi connectivity index (χ3n) is 4.44. The lowest BCUT2D eigenvalue weighted by atomic mass is 9.97. The summed E-state index contributed by atoms with van der Waals surface area (Å²) in [7, 11) is 0. The van der Waals surface area contributed by atoms with E-state index in [0.717, 1.165) is 22.6 Å². The number of carboxylic acid groups (broad SMARTS) is 1. The fraction of sp³-hybridized carbons (Fsp3) is 0.500. The lowest BCUT2D eigenvalue weighted by Gasteiger charge is -2.33. The first-order valence-electron chi connectivity index (χ1n) is 7.75. The Balaban J connectivity index is 1.63. The van der Waals surface area contributed by atoms with Gasteiger partial charge in [-0.2, -0.15) is 0 Å². The Morgan fingerprint density at radius 1 is 1.26 bits per heavy atom. The summed E-state index contributed by atoms with van der Waals surface area (Å²) in [6.07, 6.45) is 1.72. The van der Waals surface area contributed by atoms with Crippen molar-refractivity contribution in [3.63, 3.8) is 0 Å². The van der Waals surface area contributed by atoms with Gasteiger partial charge in [-0.3, -0.25) is 4.79 Å². The van der Waals surface area contributed by atoms with E-state index in [1.54, 1.807) is 22.7 Å². The maximum absolute atomic E-state index is 13.5. The zero-order valence-corrected chi connectivity index (χ0v) is 13.4. The van der Waals surface area contributed by atoms with Crippen LogP contribution >= 0.6 is 11.8 Å². The number of carbonyl (C=O) groups is 2. The number of rotatable bonds is 2. The summed E-state index contributed by atoms with van der Waals surface area (Å²) >= 11 is 1.67. The molecule has 124 valence electrons. The van der Waals surface area contributed by atoms with E-state index in [4.69, 9.17) is 5.11 Å². The van der Waals surface area contributed by atoms with Crippen LogP contribution in [0, 0.1) is 11.7 Å². The molecule has 1 unspecified atom stereocenters. The monoisotopic (exact) mass is 338 g/mol. The molecule has 2 heterocycles. The fourth-order valence-electron chi connectivity index (χ4n) is 3.09. The van der Waals surface area contributed by atoms with E-state index in [9.17, 15) is 14.0 Å². The average Bonchev–Trinajstić information content (AvgIpc) is 2.55. The van der Waals surface area contributed by atoms with E-state index < -0.39 is 5.97 Å². The largest absolute Gasteiger partial charge is 0.481 e. The van der Waals surface area contributed by atoms with Gasteiger partial charge >= 0.3 is 12.0 Å². The molecule has 1 aromatic carbocycles. The molecule has 1 saturated heterocycles. The van der Waals surface area contributed by atoms with Crippen LogP contribution in [0.1, 0.15) is 30.9 Å². The lowest BCUT2D eigenvalue weighted by molar-refractivity contribution is -0.143. The van der Waals surface area contributed by atoms with E-state index >= 15 is 0 Å². The van der Waals surface area contributed by atoms with Crippen LogP contribution < -0.4 is 5.32 Å². The quantitative estimate of drug-likeness (QED) is 0.870. The number of urea groups is 1. The second kappa shape index (κ2) is 6.78. The minimum absolute atomic E-state index is 0.188. The summed E-state index contributed by atoms with van der Waals surface area (Å²) in [6, 6.07) is 4.30. The average molecular weight is 338 g/mol. The zero-order chi connectivity index (χ0) is 16.4. The first-order valence-corrected chi connectivity index (χ1v) is 8.73. The first kappa shape index (κ1) is 16.1. The van der Waals surface area contributed by atoms with Crippen molar-refractivity contribution >= 4 is 23.8 Å². The molecule has 7 heteroatoms. The Morgan fingerprint density at radius 3 is 2.70 bits per heavy atom. The maximum atomic E-state index is 13.5. The molecule has 0 saturated carbocycles. The predicted octanol–water partition coefficient (Wildman–Crippen LogP) is 2.87. The molecule has 0 aliphatic carbocycles. The van der Waals surface area contributed by atoms with Gasteiger partial charge in [0.2, 0.25) is 0 Å². The van der Waals surface area contributed by atoms with Crippen molar-refractivity contribution in [2.75, 3.05) is 18.8 Å². The summed E-state index contributed by atoms with van der Waals surface area (Å²) in [6.45, 7) is 0.889. The van der Waals surface area contributed by atoms with E-state index in [1.807, 2.05) is 0 Å². The van der Waals surface area contributed by atoms with Gasteiger partial charge in [-0.05, 0) is 43.0 Å². The number of hydrogen-bond acceptors (Lipinski definition) is 3. The predicted molar refractivity (Wildman–Crippen MR) is 84.9 cm³/mol. The van der Waals surface area contributed by atoms with Gasteiger partial charge in [0.25, 0.3) is 0 Å². The second-order valence-corrected chi connectivity index (χ2v) is 7.06. The van der Waals surface area contributed by atoms with Crippen LogP contribution in [-0.2, 0) is 4.79 Å². The Bertz CT molecular complexity index is 617. The van der Waals surface area contributed by atoms with Crippen LogP contribution in [-0.4, -0.2) is 40.8 Å². The Hall–Kier alpha value is -1.76. The highest BCUT2D eigenvalue weighted by Crippen LogP contribution is 2.36. The molecule has 23 heavy (non-hydrogen) atoms. The molecule has 0 spiro atoms. The Labute approximate surface area is 138 Å². The van der Waals surface area contributed by atoms with Crippen LogP contribution in [0.25, 0.3) is 0 Å². The van der Waals surface area contributed by atoms with Crippen molar-refractivity contribution in [2.45, 2.75) is 30.2 Å². The number of thioether (sulfide) groups is 1. The molecule has 5 nitrogen and oxygen atoms in total. The lowest BCUT2D eigenvalue weighted by Crippen LogP contribution is -2.46. The van der Waals surface area contributed by atoms with Crippen LogP contribution in [0.2, 0.25) is 0 Å². The normalized spacial score (nSPS) is 21.6. The molecule has 2 amide bonds. The van der Waals surface area contributed by atoms with Crippen molar-refractivity contribution in [1.29, 1.82) is 0 Å². The number of halogens is 1. The number of hydrogen-bond donors (Lipinski definition) is 2. The topological polar surface area (TPSA) is 69.6 Å². The van der Waals surface area contributed by atoms with Gasteiger partial charge in [0, 0.05) is 23.7 Å². The molecular formula is C16H19FN2O3S. The number of nitrogens with zero attached hydrogens (tertiary/aromatic N) is 1. The van der Waals surface area contributed by atoms with Gasteiger partial charge in [0.05, 0.1) is 12.0 Å². The van der Waals surface area contributed by atoms with Crippen LogP contribution in [0.15, 0.2) is 23.1 Å². The molecule has 1 atom stereocenters. The number of aliphatic carboxylic acids is 1. The third-order valence-corrected chi connectivity index (χ3v) is 5.56. The first-order chi connectivity index (χ1) is 11.0. The maximum Gasteiger partial charge on any atom is 0.317 e. The summed E-state index contributed by atoms with van der Waals surface area (Å²) in [5.74, 6) is -0.573. The van der Waals surface area contributed by atoms with E-state index in [2.05, 4.69) is 5.32 Å². The number of nitrogens with one attached hydrogen (secondary N) is 1. The van der Waals surface area contributed by atoms with Crippen molar-refractivity contribution < 1.29 is 19.1 Å². The second-order valence-electron chi connectivity index (χ2n) is 5.92. The number of benzene rings is 1. The molecule has 1 fully saturated rings. The van der Waals surface area contributed by atoms with E-state index in [-0.39, 0.29) is 23.8 Å². The summed E-state index contributed by atoms with van der Waals surface area (Å²) in [5, 5.41) is 12.0. The van der Waals surface area contributed by atoms with Crippen molar-refractivity contribution in [3.8, 4) is 0 Å². The van der Waals surface area contributed by atoms with Gasteiger partial charge in [-0.1, -0.05) is 0 Å². The molecule has 2 aliphatic heterocycles. The highest BCUT2D eigenvalue weighted by Gasteiger charge is 2.29. The number of fused-ring (bicyclic) bond motifs is 1. The van der Waals surface area contributed by atoms with Crippen LogP contribution in [0.3, 0.4) is 0 Å². The van der Waals surface area contributed by atoms with Gasteiger partial charge < -0.3 is 15.3 Å². The number of carboxylic acids is 1. The molecule has 2 aliphatic rings. The molecular weight excluding hydrogens is 319 g/mol. The number of amides is 2. The molecule has 1 aromatic rings. The summed E-state index contributed by atoms with van der Waals surface area (Å²) in [5.41, 5.74) is 0.829. The highest BCUT2D eigenvalue weighted by atomic mass is 32.2. The SMILES string of the molecule is O=C(O)C1CCN(C(=O)NC2CCSc3ccc(F)cc32)CC1. The molecule has 0 aromatic heterocycles. The van der Waals surface area contributed by atoms with Crippen molar-refractivity contribution in [1.82, 2.24) is 10.2 Å². The van der Waals surface area contributed by atoms with Gasteiger partial charge in [0.1, 0.15) is 5.82 Å². The summed E-state index contributed by atoms with van der Waals surface area (Å²) < 4.78 is 13.5. The fourth-order valence-corrected chi connectivity index (χ4v) is 4.19. The van der Waals surface area contributed by atoms with Gasteiger partial charge in [0.15, 0.2) is 0 Å². The molecule has 0 bridgehead atoms. The van der Waals surface area contributed by atoms with Crippen LogP contribution in [0.4, 0.5) is 9.18 Å². The molecule has 3 rings (SSSR count). The standard InChI is InChI=1S/C16H19FN2O3S/c17-11-1-2-14-12(9-11)13(5-8-23-14)18-16(22)19-6-3-10(4-7-19)15(20)21/h1-2,9-10,13H,3-8H2,(H,18,22)(H,20,21). The highest BCUT2D eigenvalue weighted by molar-refractivity contribution is 7.99. The minimum atomic E-state index is -0.793. The number of likely N-dealkylation sites (tertiary alicyclic amines) is 1. The van der Waals surface area contributed by atoms with Gasteiger partial charge in [-0.25, -0.2) is 9.18 Å². The van der Waals surface area contributed by atoms with Crippen molar-refractivity contribution in [3.05, 3.63) is 29.6 Å². The smallest absolute Gasteiger partial charge is 0.317 e. The van der Waals surface area contributed by atoms with Crippen LogP contribution in [0.5, 0.6) is 0 Å². The van der Waals surface area contributed by atoms with Crippen molar-refractivity contribution in [2.24, 2.45) is 5.92 Å². The molecule has 0 radical (unpaired) electrons. The number of carbonyl (C=O) groups excluding carboxylic acids is 1. The van der Waals surface area contributed by atoms with E-state index in [0.29, 0.717) is 25.9 Å².